The molecule has 0 radical (unpaired) electrons. The lowest BCUT2D eigenvalue weighted by atomic mass is 10.1. The molecule has 2 saturated heterocycles. The van der Waals surface area contributed by atoms with Crippen molar-refractivity contribution >= 4 is 11.9 Å². The van der Waals surface area contributed by atoms with Gasteiger partial charge in [0, 0.05) is 25.9 Å². The number of hydrogen-bond acceptors (Lipinski definition) is 6. The Morgan fingerprint density at radius 2 is 1.30 bits per heavy atom. The summed E-state index contributed by atoms with van der Waals surface area (Å²) in [5.41, 5.74) is 0. The molecule has 0 saturated carbocycles. The number of likely N-dealkylation sites (tertiary alicyclic amines) is 2. The van der Waals surface area contributed by atoms with Gasteiger partial charge in [-0.25, -0.2) is 0 Å². The Morgan fingerprint density at radius 1 is 0.870 bits per heavy atom. The lowest BCUT2D eigenvalue weighted by Gasteiger charge is -2.29. The zero-order valence-electron chi connectivity index (χ0n) is 14.5. The van der Waals surface area contributed by atoms with E-state index in [-0.39, 0.29) is 24.1 Å². The van der Waals surface area contributed by atoms with Crippen LogP contribution in [0.4, 0.5) is 0 Å². The lowest BCUT2D eigenvalue weighted by Crippen LogP contribution is -2.38. The molecule has 0 aliphatic carbocycles. The van der Waals surface area contributed by atoms with Gasteiger partial charge in [0.15, 0.2) is 0 Å². The zero-order chi connectivity index (χ0) is 16.7. The van der Waals surface area contributed by atoms with Gasteiger partial charge in [-0.1, -0.05) is 0 Å². The molecule has 6 nitrogen and oxygen atoms in total. The van der Waals surface area contributed by atoms with Gasteiger partial charge in [0.05, 0.1) is 0 Å². The van der Waals surface area contributed by atoms with Crippen LogP contribution in [0.25, 0.3) is 0 Å². The van der Waals surface area contributed by atoms with E-state index in [1.54, 1.807) is 0 Å². The summed E-state index contributed by atoms with van der Waals surface area (Å²) in [6.45, 7) is 3.75. The monoisotopic (exact) mass is 326 g/mol. The van der Waals surface area contributed by atoms with Gasteiger partial charge in [0.25, 0.3) is 0 Å². The van der Waals surface area contributed by atoms with E-state index in [4.69, 9.17) is 9.47 Å². The van der Waals surface area contributed by atoms with Crippen molar-refractivity contribution in [2.24, 2.45) is 0 Å². The van der Waals surface area contributed by atoms with Crippen molar-refractivity contribution in [3.8, 4) is 0 Å². The SMILES string of the molecule is CN1CCC[C@@H](OC(=O)CCCC(=O)O[C@H]2CCCN(C)C2)C1. The average Bonchev–Trinajstić information content (AvgIpc) is 2.47. The molecular weight excluding hydrogens is 296 g/mol. The summed E-state index contributed by atoms with van der Waals surface area (Å²) in [5.74, 6) is -0.397. The largest absolute Gasteiger partial charge is 0.461 e. The minimum atomic E-state index is -0.199. The molecule has 0 aromatic rings. The van der Waals surface area contributed by atoms with E-state index in [1.807, 2.05) is 14.1 Å². The summed E-state index contributed by atoms with van der Waals surface area (Å²) in [4.78, 5) is 28.0. The highest BCUT2D eigenvalue weighted by molar-refractivity contribution is 5.72. The highest BCUT2D eigenvalue weighted by Crippen LogP contribution is 2.15. The third-order valence-corrected chi connectivity index (χ3v) is 4.52. The highest BCUT2D eigenvalue weighted by Gasteiger charge is 2.22. The van der Waals surface area contributed by atoms with Crippen LogP contribution in [0.5, 0.6) is 0 Å². The minimum Gasteiger partial charge on any atom is -0.461 e. The van der Waals surface area contributed by atoms with E-state index in [0.29, 0.717) is 19.3 Å². The van der Waals surface area contributed by atoms with E-state index in [1.165, 1.54) is 0 Å². The molecule has 132 valence electrons. The van der Waals surface area contributed by atoms with Crippen molar-refractivity contribution in [1.82, 2.24) is 9.80 Å². The first-order chi connectivity index (χ1) is 11.0. The van der Waals surface area contributed by atoms with Crippen molar-refractivity contribution in [1.29, 1.82) is 0 Å². The lowest BCUT2D eigenvalue weighted by molar-refractivity contribution is -0.153. The van der Waals surface area contributed by atoms with Crippen LogP contribution in [0, 0.1) is 0 Å². The number of rotatable bonds is 6. The summed E-state index contributed by atoms with van der Waals surface area (Å²) in [5, 5.41) is 0. The molecule has 0 N–H and O–H groups in total. The summed E-state index contributed by atoms with van der Waals surface area (Å²) < 4.78 is 10.9. The first-order valence-corrected chi connectivity index (χ1v) is 8.79. The molecule has 2 fully saturated rings. The van der Waals surface area contributed by atoms with Crippen molar-refractivity contribution in [2.45, 2.75) is 57.2 Å². The molecule has 2 aliphatic rings. The number of carbonyl (C=O) groups excluding carboxylic acids is 2. The molecule has 23 heavy (non-hydrogen) atoms. The smallest absolute Gasteiger partial charge is 0.306 e. The maximum absolute atomic E-state index is 11.8. The second kappa shape index (κ2) is 9.23. The van der Waals surface area contributed by atoms with Crippen LogP contribution < -0.4 is 0 Å². The predicted molar refractivity (Wildman–Crippen MR) is 87.1 cm³/mol. The first-order valence-electron chi connectivity index (χ1n) is 8.79. The van der Waals surface area contributed by atoms with Crippen LogP contribution >= 0.6 is 0 Å². The molecule has 6 heteroatoms. The Bertz CT molecular complexity index is 366. The molecular formula is C17H30N2O4. The highest BCUT2D eigenvalue weighted by atomic mass is 16.5. The molecule has 2 rings (SSSR count). The number of carbonyl (C=O) groups is 2. The second-order valence-corrected chi connectivity index (χ2v) is 6.89. The molecule has 2 heterocycles. The van der Waals surface area contributed by atoms with Crippen LogP contribution in [0.2, 0.25) is 0 Å². The number of ether oxygens (including phenoxy) is 2. The molecule has 2 aliphatic heterocycles. The van der Waals surface area contributed by atoms with Crippen LogP contribution in [0.1, 0.15) is 44.9 Å². The standard InChI is InChI=1S/C17H30N2O4/c1-18-10-4-6-14(12-18)22-16(20)8-3-9-17(21)23-15-7-5-11-19(2)13-15/h14-15H,3-13H2,1-2H3/t14-,15+. The number of nitrogens with zero attached hydrogens (tertiary/aromatic N) is 2. The normalized spacial score (nSPS) is 26.7. The molecule has 0 aromatic heterocycles. The molecule has 0 aromatic carbocycles. The van der Waals surface area contributed by atoms with E-state index in [2.05, 4.69) is 9.80 Å². The summed E-state index contributed by atoms with van der Waals surface area (Å²) in [6, 6.07) is 0. The molecule has 0 amide bonds. The van der Waals surface area contributed by atoms with E-state index in [9.17, 15) is 9.59 Å². The summed E-state index contributed by atoms with van der Waals surface area (Å²) in [7, 11) is 4.08. The molecule has 0 bridgehead atoms. The Hall–Kier alpha value is -1.14. The van der Waals surface area contributed by atoms with Crippen molar-refractivity contribution in [2.75, 3.05) is 40.3 Å². The van der Waals surface area contributed by atoms with E-state index >= 15 is 0 Å². The average molecular weight is 326 g/mol. The summed E-state index contributed by atoms with van der Waals surface area (Å²) >= 11 is 0. The van der Waals surface area contributed by atoms with E-state index < -0.39 is 0 Å². The maximum Gasteiger partial charge on any atom is 0.306 e. The number of esters is 2. The van der Waals surface area contributed by atoms with Gasteiger partial charge in [-0.15, -0.1) is 0 Å². The van der Waals surface area contributed by atoms with Gasteiger partial charge in [-0.05, 0) is 59.3 Å². The Balaban J connectivity index is 1.56. The molecule has 2 atom stereocenters. The van der Waals surface area contributed by atoms with Gasteiger partial charge in [0.2, 0.25) is 0 Å². The number of hydrogen-bond donors (Lipinski definition) is 0. The van der Waals surface area contributed by atoms with Crippen LogP contribution in [0.15, 0.2) is 0 Å². The minimum absolute atomic E-state index is 0.00553. The van der Waals surface area contributed by atoms with E-state index in [0.717, 1.165) is 51.9 Å². The fraction of sp³-hybridized carbons (Fsp3) is 0.882. The molecule has 0 unspecified atom stereocenters. The Labute approximate surface area is 139 Å². The van der Waals surface area contributed by atoms with Gasteiger partial charge in [-0.3, -0.25) is 9.59 Å². The van der Waals surface area contributed by atoms with Crippen LogP contribution in [0.3, 0.4) is 0 Å². The van der Waals surface area contributed by atoms with Crippen LogP contribution in [-0.2, 0) is 19.1 Å². The second-order valence-electron chi connectivity index (χ2n) is 6.89. The fourth-order valence-corrected chi connectivity index (χ4v) is 3.30. The maximum atomic E-state index is 11.8. The van der Waals surface area contributed by atoms with Crippen LogP contribution in [-0.4, -0.2) is 74.2 Å². The Morgan fingerprint density at radius 3 is 1.70 bits per heavy atom. The van der Waals surface area contributed by atoms with Crippen molar-refractivity contribution < 1.29 is 19.1 Å². The van der Waals surface area contributed by atoms with Gasteiger partial charge in [0.1, 0.15) is 12.2 Å². The fourth-order valence-electron chi connectivity index (χ4n) is 3.30. The molecule has 0 spiro atoms. The van der Waals surface area contributed by atoms with Gasteiger partial charge < -0.3 is 19.3 Å². The topological polar surface area (TPSA) is 59.1 Å². The summed E-state index contributed by atoms with van der Waals surface area (Å²) in [6.07, 6.45) is 5.10. The van der Waals surface area contributed by atoms with Crippen molar-refractivity contribution in [3.63, 3.8) is 0 Å². The van der Waals surface area contributed by atoms with Gasteiger partial charge in [-0.2, -0.15) is 0 Å². The predicted octanol–water partition coefficient (Wildman–Crippen LogP) is 1.43. The van der Waals surface area contributed by atoms with Crippen molar-refractivity contribution in [3.05, 3.63) is 0 Å². The quantitative estimate of drug-likeness (QED) is 0.688. The van der Waals surface area contributed by atoms with Gasteiger partial charge >= 0.3 is 11.9 Å². The number of likely N-dealkylation sites (N-methyl/N-ethyl adjacent to an activating group) is 2. The third-order valence-electron chi connectivity index (χ3n) is 4.52. The number of piperidine rings is 2. The first kappa shape index (κ1) is 18.2. The Kier molecular flexibility index (Phi) is 7.30. The third kappa shape index (κ3) is 6.87. The zero-order valence-corrected chi connectivity index (χ0v) is 14.5.